The first-order valence-electron chi connectivity index (χ1n) is 8.39. The van der Waals surface area contributed by atoms with Crippen LogP contribution in [0.5, 0.6) is 0 Å². The highest BCUT2D eigenvalue weighted by Crippen LogP contribution is 2.26. The third-order valence-electron chi connectivity index (χ3n) is 4.31. The lowest BCUT2D eigenvalue weighted by Crippen LogP contribution is -2.41. The van der Waals surface area contributed by atoms with Gasteiger partial charge in [0, 0.05) is 13.1 Å². The number of β-amino-alcohol motifs (C(OH)–C–C–N with tert-alkyl or cyclic N) is 1. The molecule has 1 N–H and O–H groups in total. The zero-order chi connectivity index (χ0) is 16.7. The van der Waals surface area contributed by atoms with Gasteiger partial charge in [0.05, 0.1) is 6.10 Å². The molecular formula is C19H27NO3. The van der Waals surface area contributed by atoms with Crippen molar-refractivity contribution in [3.8, 4) is 0 Å². The van der Waals surface area contributed by atoms with Gasteiger partial charge in [0.1, 0.15) is 12.6 Å². The van der Waals surface area contributed by atoms with E-state index in [-0.39, 0.29) is 12.0 Å². The van der Waals surface area contributed by atoms with Gasteiger partial charge in [-0.25, -0.2) is 0 Å². The molecule has 0 amide bonds. The normalized spacial score (nSPS) is 23.3. The van der Waals surface area contributed by atoms with Gasteiger partial charge in [0.25, 0.3) is 0 Å². The molecule has 0 radical (unpaired) electrons. The zero-order valence-electron chi connectivity index (χ0n) is 14.0. The molecule has 23 heavy (non-hydrogen) atoms. The van der Waals surface area contributed by atoms with Gasteiger partial charge in [-0.05, 0) is 31.2 Å². The maximum atomic E-state index is 12.5. The first-order valence-corrected chi connectivity index (χ1v) is 8.39. The summed E-state index contributed by atoms with van der Waals surface area (Å²) in [6.07, 6.45) is 5.21. The average molecular weight is 317 g/mol. The molecule has 1 fully saturated rings. The van der Waals surface area contributed by atoms with Crippen LogP contribution in [-0.4, -0.2) is 41.2 Å². The minimum Gasteiger partial charge on any atom is -0.460 e. The molecule has 1 saturated heterocycles. The van der Waals surface area contributed by atoms with E-state index in [2.05, 4.69) is 11.0 Å². The summed E-state index contributed by atoms with van der Waals surface area (Å²) in [6.45, 7) is 5.57. The Morgan fingerprint density at radius 2 is 2.17 bits per heavy atom. The van der Waals surface area contributed by atoms with Gasteiger partial charge >= 0.3 is 5.97 Å². The van der Waals surface area contributed by atoms with Crippen LogP contribution >= 0.6 is 0 Å². The van der Waals surface area contributed by atoms with Crippen LogP contribution < -0.4 is 0 Å². The van der Waals surface area contributed by atoms with Crippen molar-refractivity contribution in [2.45, 2.75) is 45.4 Å². The third kappa shape index (κ3) is 5.19. The minimum atomic E-state index is -0.399. The molecule has 1 aromatic rings. The van der Waals surface area contributed by atoms with E-state index >= 15 is 0 Å². The Morgan fingerprint density at radius 1 is 1.43 bits per heavy atom. The number of hydrogen-bond acceptors (Lipinski definition) is 4. The summed E-state index contributed by atoms with van der Waals surface area (Å²) in [5.41, 5.74) is 0.990. The summed E-state index contributed by atoms with van der Waals surface area (Å²) in [7, 11) is 0. The summed E-state index contributed by atoms with van der Waals surface area (Å²) >= 11 is 0. The maximum Gasteiger partial charge on any atom is 0.323 e. The minimum absolute atomic E-state index is 0.191. The lowest BCUT2D eigenvalue weighted by atomic mass is 10.1. The molecule has 1 unspecified atom stereocenters. The van der Waals surface area contributed by atoms with Gasteiger partial charge in [-0.2, -0.15) is 0 Å². The van der Waals surface area contributed by atoms with Crippen molar-refractivity contribution in [1.82, 2.24) is 4.90 Å². The van der Waals surface area contributed by atoms with Crippen LogP contribution in [0.4, 0.5) is 0 Å². The molecule has 0 aromatic heterocycles. The third-order valence-corrected chi connectivity index (χ3v) is 4.31. The molecule has 4 heteroatoms. The molecule has 3 atom stereocenters. The Labute approximate surface area is 138 Å². The second kappa shape index (κ2) is 8.85. The summed E-state index contributed by atoms with van der Waals surface area (Å²) in [4.78, 5) is 14.5. The number of aliphatic hydroxyl groups excluding tert-OH is 1. The highest BCUT2D eigenvalue weighted by atomic mass is 16.5. The SMILES string of the molecule is CC=C[C@@H]1C[C@H](C(=O)OCc2ccccc2)N(CC(O)CC)C1. The monoisotopic (exact) mass is 317 g/mol. The van der Waals surface area contributed by atoms with Gasteiger partial charge in [-0.15, -0.1) is 0 Å². The fourth-order valence-corrected chi connectivity index (χ4v) is 3.02. The Hall–Kier alpha value is -1.65. The van der Waals surface area contributed by atoms with Crippen molar-refractivity contribution >= 4 is 5.97 Å². The van der Waals surface area contributed by atoms with Gasteiger partial charge in [0.2, 0.25) is 0 Å². The van der Waals surface area contributed by atoms with Crippen molar-refractivity contribution in [1.29, 1.82) is 0 Å². The number of benzene rings is 1. The first kappa shape index (κ1) is 17.7. The molecule has 2 rings (SSSR count). The van der Waals surface area contributed by atoms with Crippen molar-refractivity contribution < 1.29 is 14.6 Å². The maximum absolute atomic E-state index is 12.5. The largest absolute Gasteiger partial charge is 0.460 e. The van der Waals surface area contributed by atoms with E-state index < -0.39 is 6.10 Å². The number of hydrogen-bond donors (Lipinski definition) is 1. The van der Waals surface area contributed by atoms with Gasteiger partial charge in [-0.3, -0.25) is 9.69 Å². The van der Waals surface area contributed by atoms with Crippen LogP contribution in [0.15, 0.2) is 42.5 Å². The number of aliphatic hydroxyl groups is 1. The molecule has 4 nitrogen and oxygen atoms in total. The number of rotatable bonds is 7. The Balaban J connectivity index is 1.96. The lowest BCUT2D eigenvalue weighted by Gasteiger charge is -2.25. The molecule has 126 valence electrons. The number of nitrogens with zero attached hydrogens (tertiary/aromatic N) is 1. The highest BCUT2D eigenvalue weighted by molar-refractivity contribution is 5.76. The van der Waals surface area contributed by atoms with E-state index in [9.17, 15) is 9.90 Å². The molecule has 0 saturated carbocycles. The molecule has 0 spiro atoms. The van der Waals surface area contributed by atoms with Gasteiger partial charge < -0.3 is 9.84 Å². The van der Waals surface area contributed by atoms with Crippen LogP contribution in [0.1, 0.15) is 32.3 Å². The van der Waals surface area contributed by atoms with E-state index in [0.29, 0.717) is 25.5 Å². The molecule has 1 heterocycles. The predicted octanol–water partition coefficient (Wildman–Crippen LogP) is 2.77. The average Bonchev–Trinajstić information content (AvgIpc) is 2.96. The van der Waals surface area contributed by atoms with Crippen molar-refractivity contribution in [3.63, 3.8) is 0 Å². The summed E-state index contributed by atoms with van der Waals surface area (Å²) in [5.74, 6) is 0.155. The second-order valence-corrected chi connectivity index (χ2v) is 6.15. The molecule has 1 aliphatic heterocycles. The summed E-state index contributed by atoms with van der Waals surface area (Å²) in [6, 6.07) is 9.45. The van der Waals surface area contributed by atoms with Crippen LogP contribution in [0.2, 0.25) is 0 Å². The fraction of sp³-hybridized carbons (Fsp3) is 0.526. The highest BCUT2D eigenvalue weighted by Gasteiger charge is 2.37. The number of ether oxygens (including phenoxy) is 1. The molecule has 1 aromatic carbocycles. The predicted molar refractivity (Wildman–Crippen MR) is 90.8 cm³/mol. The smallest absolute Gasteiger partial charge is 0.323 e. The van der Waals surface area contributed by atoms with Crippen molar-refractivity contribution in [3.05, 3.63) is 48.0 Å². The summed E-state index contributed by atoms with van der Waals surface area (Å²) in [5, 5.41) is 9.93. The lowest BCUT2D eigenvalue weighted by molar-refractivity contribution is -0.150. The van der Waals surface area contributed by atoms with Gasteiger partial charge in [-0.1, -0.05) is 49.4 Å². The molecule has 0 bridgehead atoms. The van der Waals surface area contributed by atoms with Crippen LogP contribution in [0, 0.1) is 5.92 Å². The number of carbonyl (C=O) groups excluding carboxylic acids is 1. The summed E-state index contributed by atoms with van der Waals surface area (Å²) < 4.78 is 5.50. The number of esters is 1. The molecule has 1 aliphatic rings. The standard InChI is InChI=1S/C19H27NO3/c1-3-8-16-11-18(20(12-16)13-17(21)4-2)19(22)23-14-15-9-6-5-7-10-15/h3,5-10,16-18,21H,4,11-14H2,1-2H3/t16-,17?,18-/m1/s1. The van der Waals surface area contributed by atoms with E-state index in [0.717, 1.165) is 18.5 Å². The zero-order valence-corrected chi connectivity index (χ0v) is 14.0. The van der Waals surface area contributed by atoms with Crippen LogP contribution in [0.25, 0.3) is 0 Å². The Bertz CT molecular complexity index is 515. The van der Waals surface area contributed by atoms with Crippen LogP contribution in [0.3, 0.4) is 0 Å². The van der Waals surface area contributed by atoms with Crippen molar-refractivity contribution in [2.24, 2.45) is 5.92 Å². The van der Waals surface area contributed by atoms with E-state index in [1.54, 1.807) is 0 Å². The van der Waals surface area contributed by atoms with Crippen LogP contribution in [-0.2, 0) is 16.1 Å². The topological polar surface area (TPSA) is 49.8 Å². The van der Waals surface area contributed by atoms with E-state index in [1.807, 2.05) is 50.3 Å². The first-order chi connectivity index (χ1) is 11.1. The number of carbonyl (C=O) groups is 1. The Morgan fingerprint density at radius 3 is 2.83 bits per heavy atom. The van der Waals surface area contributed by atoms with Crippen molar-refractivity contribution in [2.75, 3.05) is 13.1 Å². The van der Waals surface area contributed by atoms with Gasteiger partial charge in [0.15, 0.2) is 0 Å². The number of allylic oxidation sites excluding steroid dienone is 1. The van der Waals surface area contributed by atoms with E-state index in [4.69, 9.17) is 4.74 Å². The molecular weight excluding hydrogens is 290 g/mol. The quantitative estimate of drug-likeness (QED) is 0.620. The Kier molecular flexibility index (Phi) is 6.81. The number of likely N-dealkylation sites (tertiary alicyclic amines) is 1. The molecule has 0 aliphatic carbocycles. The second-order valence-electron chi connectivity index (χ2n) is 6.15. The fourth-order valence-electron chi connectivity index (χ4n) is 3.02. The van der Waals surface area contributed by atoms with E-state index in [1.165, 1.54) is 0 Å².